The minimum atomic E-state index is -0.667. The molecule has 6 heteroatoms. The van der Waals surface area contributed by atoms with Gasteiger partial charge in [-0.15, -0.1) is 0 Å². The van der Waals surface area contributed by atoms with Crippen LogP contribution in [0.3, 0.4) is 0 Å². The number of rotatable bonds is 64. The first kappa shape index (κ1) is 73.3. The van der Waals surface area contributed by atoms with Crippen LogP contribution in [-0.2, 0) is 14.3 Å². The molecule has 0 aliphatic rings. The van der Waals surface area contributed by atoms with Gasteiger partial charge in [0.2, 0.25) is 5.91 Å². The smallest absolute Gasteiger partial charge is 0.305 e. The van der Waals surface area contributed by atoms with E-state index in [1.165, 1.54) is 295 Å². The van der Waals surface area contributed by atoms with Crippen molar-refractivity contribution < 1.29 is 24.5 Å². The van der Waals surface area contributed by atoms with E-state index < -0.39 is 12.1 Å². The summed E-state index contributed by atoms with van der Waals surface area (Å²) in [7, 11) is 0. The normalized spacial score (nSPS) is 12.6. The molecule has 0 radical (unpaired) electrons. The third-order valence-corrected chi connectivity index (χ3v) is 16.0. The Hall–Kier alpha value is -1.66. The summed E-state index contributed by atoms with van der Waals surface area (Å²) in [6.07, 6.45) is 80.6. The predicted molar refractivity (Wildman–Crippen MR) is 329 cm³/mol. The van der Waals surface area contributed by atoms with Crippen molar-refractivity contribution in [2.45, 2.75) is 392 Å². The molecule has 2 unspecified atom stereocenters. The van der Waals surface area contributed by atoms with E-state index in [4.69, 9.17) is 4.74 Å². The Bertz CT molecular complexity index is 1170. The van der Waals surface area contributed by atoms with E-state index in [0.717, 1.165) is 51.4 Å². The van der Waals surface area contributed by atoms with Crippen LogP contribution in [0.1, 0.15) is 380 Å². The second kappa shape index (κ2) is 64.9. The molecule has 0 aromatic heterocycles. The number of amides is 1. The van der Waals surface area contributed by atoms with Crippen LogP contribution in [0.5, 0.6) is 0 Å². The molecule has 1 amide bonds. The fourth-order valence-electron chi connectivity index (χ4n) is 10.8. The van der Waals surface area contributed by atoms with Crippen LogP contribution in [0.15, 0.2) is 24.3 Å². The summed E-state index contributed by atoms with van der Waals surface area (Å²) >= 11 is 0. The highest BCUT2D eigenvalue weighted by Crippen LogP contribution is 2.19. The van der Waals surface area contributed by atoms with E-state index in [2.05, 4.69) is 43.5 Å². The predicted octanol–water partition coefficient (Wildman–Crippen LogP) is 21.8. The molecule has 75 heavy (non-hydrogen) atoms. The molecule has 0 heterocycles. The highest BCUT2D eigenvalue weighted by molar-refractivity contribution is 5.76. The zero-order valence-electron chi connectivity index (χ0n) is 50.8. The molecular weight excluding hydrogens is 923 g/mol. The number of carbonyl (C=O) groups excluding carboxylic acids is 2. The standard InChI is InChI=1S/C69H133NO5/c1-3-5-7-9-11-13-15-17-19-20-21-22-23-24-27-30-34-37-41-45-49-53-57-61-67(72)66(65-71)70-68(73)62-58-54-50-46-42-38-35-31-28-25-26-29-32-36-40-44-48-52-56-60-64-75-69(74)63-59-55-51-47-43-39-33-18-16-14-12-10-8-6-4-2/h12,14,18,33,66-67,71-72H,3-11,13,15-17,19-32,34-65H2,1-2H3,(H,70,73)/b14-12-,33-18-. The Labute approximate surface area is 469 Å². The summed E-state index contributed by atoms with van der Waals surface area (Å²) in [6, 6.07) is -0.544. The quantitative estimate of drug-likeness (QED) is 0.0320. The van der Waals surface area contributed by atoms with Gasteiger partial charge in [0.1, 0.15) is 0 Å². The number of ether oxygens (including phenoxy) is 1. The van der Waals surface area contributed by atoms with E-state index in [1.54, 1.807) is 0 Å². The number of unbranched alkanes of at least 4 members (excludes halogenated alkanes) is 49. The van der Waals surface area contributed by atoms with Crippen molar-refractivity contribution in [3.63, 3.8) is 0 Å². The first-order valence-electron chi connectivity index (χ1n) is 34.1. The van der Waals surface area contributed by atoms with Gasteiger partial charge < -0.3 is 20.3 Å². The van der Waals surface area contributed by atoms with E-state index >= 15 is 0 Å². The van der Waals surface area contributed by atoms with E-state index in [9.17, 15) is 19.8 Å². The number of aliphatic hydroxyl groups is 2. The average molecular weight is 1060 g/mol. The molecule has 0 bridgehead atoms. The molecule has 0 aromatic rings. The minimum absolute atomic E-state index is 0.00242. The van der Waals surface area contributed by atoms with Gasteiger partial charge in [-0.05, 0) is 57.8 Å². The first-order valence-corrected chi connectivity index (χ1v) is 34.1. The maximum Gasteiger partial charge on any atom is 0.305 e. The number of aliphatic hydroxyl groups excluding tert-OH is 2. The van der Waals surface area contributed by atoms with Crippen molar-refractivity contribution in [3.05, 3.63) is 24.3 Å². The minimum Gasteiger partial charge on any atom is -0.466 e. The number of allylic oxidation sites excluding steroid dienone is 4. The molecule has 0 saturated heterocycles. The Morgan fingerprint density at radius 1 is 0.373 bits per heavy atom. The van der Waals surface area contributed by atoms with Crippen LogP contribution in [0, 0.1) is 0 Å². The van der Waals surface area contributed by atoms with Crippen molar-refractivity contribution in [1.29, 1.82) is 0 Å². The van der Waals surface area contributed by atoms with Gasteiger partial charge in [0.25, 0.3) is 0 Å². The second-order valence-electron chi connectivity index (χ2n) is 23.5. The molecule has 444 valence electrons. The van der Waals surface area contributed by atoms with Gasteiger partial charge in [-0.1, -0.05) is 334 Å². The lowest BCUT2D eigenvalue weighted by molar-refractivity contribution is -0.143. The van der Waals surface area contributed by atoms with Gasteiger partial charge in [0.05, 0.1) is 25.4 Å². The largest absolute Gasteiger partial charge is 0.466 e. The Morgan fingerprint density at radius 2 is 0.667 bits per heavy atom. The van der Waals surface area contributed by atoms with E-state index in [1.807, 2.05) is 0 Å². The van der Waals surface area contributed by atoms with E-state index in [-0.39, 0.29) is 18.5 Å². The molecule has 0 spiro atoms. The number of hydrogen-bond donors (Lipinski definition) is 3. The van der Waals surface area contributed by atoms with Crippen LogP contribution in [0.4, 0.5) is 0 Å². The Kier molecular flexibility index (Phi) is 63.4. The maximum absolute atomic E-state index is 12.5. The number of nitrogens with one attached hydrogen (secondary N) is 1. The van der Waals surface area contributed by atoms with Gasteiger partial charge >= 0.3 is 5.97 Å². The van der Waals surface area contributed by atoms with Crippen LogP contribution < -0.4 is 5.32 Å². The van der Waals surface area contributed by atoms with Gasteiger partial charge in [0, 0.05) is 12.8 Å². The average Bonchev–Trinajstić information content (AvgIpc) is 3.41. The van der Waals surface area contributed by atoms with Crippen LogP contribution in [0.2, 0.25) is 0 Å². The molecule has 0 rings (SSSR count). The number of esters is 1. The molecule has 6 nitrogen and oxygen atoms in total. The fourth-order valence-corrected chi connectivity index (χ4v) is 10.8. The van der Waals surface area contributed by atoms with Gasteiger partial charge in [-0.25, -0.2) is 0 Å². The van der Waals surface area contributed by atoms with Crippen molar-refractivity contribution in [2.75, 3.05) is 13.2 Å². The van der Waals surface area contributed by atoms with Gasteiger partial charge in [-0.2, -0.15) is 0 Å². The number of carbonyl (C=O) groups is 2. The Balaban J connectivity index is 3.40. The van der Waals surface area contributed by atoms with Crippen molar-refractivity contribution in [3.8, 4) is 0 Å². The van der Waals surface area contributed by atoms with Gasteiger partial charge in [-0.3, -0.25) is 9.59 Å². The summed E-state index contributed by atoms with van der Waals surface area (Å²) < 4.78 is 5.48. The van der Waals surface area contributed by atoms with Crippen LogP contribution >= 0.6 is 0 Å². The molecule has 0 aliphatic carbocycles. The lowest BCUT2D eigenvalue weighted by atomic mass is 10.0. The first-order chi connectivity index (χ1) is 37.0. The highest BCUT2D eigenvalue weighted by atomic mass is 16.5. The lowest BCUT2D eigenvalue weighted by Gasteiger charge is -2.22. The molecule has 0 aliphatic heterocycles. The monoisotopic (exact) mass is 1060 g/mol. The summed E-state index contributed by atoms with van der Waals surface area (Å²) in [5.74, 6) is -0.0351. The van der Waals surface area contributed by atoms with Crippen LogP contribution in [-0.4, -0.2) is 47.4 Å². The molecule has 3 N–H and O–H groups in total. The van der Waals surface area contributed by atoms with Crippen molar-refractivity contribution >= 4 is 11.9 Å². The fraction of sp³-hybridized carbons (Fsp3) is 0.913. The highest BCUT2D eigenvalue weighted by Gasteiger charge is 2.20. The van der Waals surface area contributed by atoms with Crippen LogP contribution in [0.25, 0.3) is 0 Å². The summed E-state index contributed by atoms with van der Waals surface area (Å²) in [6.45, 7) is 4.95. The molecule has 2 atom stereocenters. The lowest BCUT2D eigenvalue weighted by Crippen LogP contribution is -2.45. The zero-order chi connectivity index (χ0) is 54.3. The Morgan fingerprint density at radius 3 is 1.04 bits per heavy atom. The van der Waals surface area contributed by atoms with E-state index in [0.29, 0.717) is 25.9 Å². The zero-order valence-corrected chi connectivity index (χ0v) is 50.8. The van der Waals surface area contributed by atoms with Crippen molar-refractivity contribution in [2.24, 2.45) is 0 Å². The SMILES string of the molecule is CCCCC/C=C\C/C=C\CCCCCCCC(=O)OCCCCCCCCCCCCCCCCCCCCCCC(=O)NC(CO)C(O)CCCCCCCCCCCCCCCCCCCCCCCCC. The third-order valence-electron chi connectivity index (χ3n) is 16.0. The summed E-state index contributed by atoms with van der Waals surface area (Å²) in [5.41, 5.74) is 0. The molecule has 0 aromatic carbocycles. The third kappa shape index (κ3) is 61.4. The summed E-state index contributed by atoms with van der Waals surface area (Å²) in [4.78, 5) is 24.6. The number of hydrogen-bond acceptors (Lipinski definition) is 5. The maximum atomic E-state index is 12.5. The molecular formula is C69H133NO5. The second-order valence-corrected chi connectivity index (χ2v) is 23.5. The molecule has 0 saturated carbocycles. The van der Waals surface area contributed by atoms with Gasteiger partial charge in [0.15, 0.2) is 0 Å². The molecule has 0 fully saturated rings. The van der Waals surface area contributed by atoms with Crippen molar-refractivity contribution in [1.82, 2.24) is 5.32 Å². The topological polar surface area (TPSA) is 95.9 Å². The summed E-state index contributed by atoms with van der Waals surface area (Å²) in [5, 5.41) is 23.4.